The fraction of sp³-hybridized carbons (Fsp3) is 0.0476. The summed E-state index contributed by atoms with van der Waals surface area (Å²) in [6.45, 7) is 4.89. The maximum atomic E-state index is 5.41. The molecule has 0 fully saturated rings. The number of nitrogens with zero attached hydrogens (tertiary/aromatic N) is 3. The van der Waals surface area contributed by atoms with Crippen molar-refractivity contribution in [3.8, 4) is 39.6 Å². The Hall–Kier alpha value is -5.36. The first-order chi connectivity index (χ1) is 23.1. The Labute approximate surface area is 277 Å². The van der Waals surface area contributed by atoms with Crippen LogP contribution >= 0.6 is 11.3 Å². The number of rotatable bonds is 3. The van der Waals surface area contributed by atoms with Crippen LogP contribution in [-0.2, 0) is 0 Å². The summed E-state index contributed by atoms with van der Waals surface area (Å²) in [5.74, 6) is 0.773. The normalized spacial score (nSPS) is 13.5. The lowest BCUT2D eigenvalue weighted by Gasteiger charge is -2.22. The fourth-order valence-corrected chi connectivity index (χ4v) is 12.2. The molecular formula is C42H29N3SSi. The Balaban J connectivity index is 1.28. The van der Waals surface area contributed by atoms with Crippen molar-refractivity contribution < 1.29 is 0 Å². The van der Waals surface area contributed by atoms with Crippen molar-refractivity contribution >= 4 is 71.8 Å². The summed E-state index contributed by atoms with van der Waals surface area (Å²) in [5.41, 5.74) is 9.17. The van der Waals surface area contributed by atoms with Gasteiger partial charge < -0.3 is 4.57 Å². The van der Waals surface area contributed by atoms with Crippen LogP contribution in [0.2, 0.25) is 13.1 Å². The average molecular weight is 636 g/mol. The van der Waals surface area contributed by atoms with Crippen LogP contribution in [0, 0.1) is 0 Å². The first-order valence-corrected chi connectivity index (χ1v) is 19.9. The number of fused-ring (bicyclic) bond motifs is 10. The third kappa shape index (κ3) is 3.78. The van der Waals surface area contributed by atoms with E-state index in [1.165, 1.54) is 57.9 Å². The number of aromatic nitrogens is 3. The molecule has 0 atom stereocenters. The van der Waals surface area contributed by atoms with Crippen molar-refractivity contribution in [1.82, 2.24) is 14.5 Å². The van der Waals surface area contributed by atoms with Gasteiger partial charge in [0, 0.05) is 47.8 Å². The van der Waals surface area contributed by atoms with Crippen molar-refractivity contribution in [1.29, 1.82) is 0 Å². The first-order valence-electron chi connectivity index (χ1n) is 16.1. The second-order valence-corrected chi connectivity index (χ2v) is 18.4. The van der Waals surface area contributed by atoms with Crippen molar-refractivity contribution in [3.63, 3.8) is 0 Å². The average Bonchev–Trinajstić information content (AvgIpc) is 3.74. The maximum absolute atomic E-state index is 5.41. The maximum Gasteiger partial charge on any atom is 0.160 e. The van der Waals surface area contributed by atoms with Crippen LogP contribution < -0.4 is 10.4 Å². The highest BCUT2D eigenvalue weighted by Crippen LogP contribution is 2.43. The Morgan fingerprint density at radius 2 is 1.30 bits per heavy atom. The van der Waals surface area contributed by atoms with Crippen LogP contribution in [0.5, 0.6) is 0 Å². The van der Waals surface area contributed by atoms with Gasteiger partial charge in [0.25, 0.3) is 0 Å². The molecule has 0 N–H and O–H groups in total. The van der Waals surface area contributed by atoms with Crippen LogP contribution in [0.4, 0.5) is 0 Å². The summed E-state index contributed by atoms with van der Waals surface area (Å²) in [4.78, 5) is 10.7. The second-order valence-electron chi connectivity index (χ2n) is 13.0. The van der Waals surface area contributed by atoms with E-state index >= 15 is 0 Å². The molecule has 0 saturated heterocycles. The van der Waals surface area contributed by atoms with Gasteiger partial charge in [-0.3, -0.25) is 0 Å². The van der Waals surface area contributed by atoms with E-state index in [0.29, 0.717) is 0 Å². The third-order valence-corrected chi connectivity index (χ3v) is 14.6. The van der Waals surface area contributed by atoms with Crippen molar-refractivity contribution in [3.05, 3.63) is 140 Å². The van der Waals surface area contributed by atoms with Crippen LogP contribution in [0.1, 0.15) is 0 Å². The van der Waals surface area contributed by atoms with Gasteiger partial charge in [0.15, 0.2) is 5.82 Å². The molecule has 0 saturated carbocycles. The molecule has 0 bridgehead atoms. The number of thiophene rings is 1. The van der Waals surface area contributed by atoms with E-state index in [-0.39, 0.29) is 0 Å². The van der Waals surface area contributed by atoms with Gasteiger partial charge in [0.2, 0.25) is 0 Å². The quantitative estimate of drug-likeness (QED) is 0.181. The number of hydrogen-bond acceptors (Lipinski definition) is 3. The summed E-state index contributed by atoms with van der Waals surface area (Å²) in [6.07, 6.45) is 0. The second kappa shape index (κ2) is 9.82. The molecular weight excluding hydrogens is 607 g/mol. The number of benzene rings is 6. The smallest absolute Gasteiger partial charge is 0.160 e. The Morgan fingerprint density at radius 3 is 2.19 bits per heavy atom. The molecule has 3 nitrogen and oxygen atoms in total. The lowest BCUT2D eigenvalue weighted by molar-refractivity contribution is 1.18. The van der Waals surface area contributed by atoms with Gasteiger partial charge in [-0.05, 0) is 46.3 Å². The van der Waals surface area contributed by atoms with Gasteiger partial charge in [-0.25, -0.2) is 9.97 Å². The molecule has 0 amide bonds. The largest absolute Gasteiger partial charge is 0.309 e. The topological polar surface area (TPSA) is 30.7 Å². The predicted molar refractivity (Wildman–Crippen MR) is 202 cm³/mol. The predicted octanol–water partition coefficient (Wildman–Crippen LogP) is 10.1. The van der Waals surface area contributed by atoms with Gasteiger partial charge in [-0.15, -0.1) is 11.3 Å². The molecule has 9 aromatic rings. The number of hydrogen-bond donors (Lipinski definition) is 0. The molecule has 0 aliphatic carbocycles. The van der Waals surface area contributed by atoms with E-state index in [0.717, 1.165) is 34.0 Å². The van der Waals surface area contributed by atoms with E-state index in [9.17, 15) is 0 Å². The van der Waals surface area contributed by atoms with E-state index in [1.54, 1.807) is 0 Å². The molecule has 0 radical (unpaired) electrons. The van der Waals surface area contributed by atoms with Gasteiger partial charge in [0.1, 0.15) is 8.07 Å². The molecule has 10 rings (SSSR count). The van der Waals surface area contributed by atoms with Gasteiger partial charge >= 0.3 is 0 Å². The van der Waals surface area contributed by atoms with Crippen molar-refractivity contribution in [2.75, 3.05) is 0 Å². The summed E-state index contributed by atoms with van der Waals surface area (Å²) in [5, 5.41) is 7.93. The summed E-state index contributed by atoms with van der Waals surface area (Å²) < 4.78 is 5.11. The van der Waals surface area contributed by atoms with Crippen LogP contribution in [-0.4, -0.2) is 22.6 Å². The molecule has 6 aromatic carbocycles. The zero-order valence-electron chi connectivity index (χ0n) is 26.0. The van der Waals surface area contributed by atoms with Gasteiger partial charge in [0.05, 0.1) is 22.4 Å². The van der Waals surface area contributed by atoms with Crippen LogP contribution in [0.3, 0.4) is 0 Å². The van der Waals surface area contributed by atoms with E-state index in [4.69, 9.17) is 9.97 Å². The van der Waals surface area contributed by atoms with E-state index in [1.807, 2.05) is 17.4 Å². The van der Waals surface area contributed by atoms with Gasteiger partial charge in [-0.2, -0.15) is 0 Å². The highest BCUT2D eigenvalue weighted by Gasteiger charge is 2.41. The summed E-state index contributed by atoms with van der Waals surface area (Å²) >= 11 is 1.87. The minimum Gasteiger partial charge on any atom is -0.309 e. The van der Waals surface area contributed by atoms with Gasteiger partial charge in [-0.1, -0.05) is 122 Å². The first kappa shape index (κ1) is 26.8. The lowest BCUT2D eigenvalue weighted by Crippen LogP contribution is -2.50. The Morgan fingerprint density at radius 1 is 0.574 bits per heavy atom. The molecule has 4 heterocycles. The van der Waals surface area contributed by atoms with E-state index < -0.39 is 8.07 Å². The molecule has 222 valence electrons. The minimum atomic E-state index is -2.09. The Bertz CT molecular complexity index is 2720. The molecule has 0 spiro atoms. The molecule has 3 aromatic heterocycles. The van der Waals surface area contributed by atoms with Crippen LogP contribution in [0.15, 0.2) is 140 Å². The highest BCUT2D eigenvalue weighted by molar-refractivity contribution is 7.26. The van der Waals surface area contributed by atoms with Crippen molar-refractivity contribution in [2.45, 2.75) is 13.1 Å². The van der Waals surface area contributed by atoms with E-state index in [2.05, 4.69) is 151 Å². The molecule has 1 aliphatic heterocycles. The Kier molecular flexibility index (Phi) is 5.60. The SMILES string of the molecule is C[Si]1(C)c2ccccc2-c2nc(-c3ccccc3)nc(-c3cccc(-n4c5ccccc5c5ccc6sc7ccccc7c6c54)c3)c21. The standard InChI is InChI=1S/C42H29N3SSi/c1-47(2)36-22-11-8-19-32(36)39-41(47)38(43-42(44-39)26-13-4-3-5-14-26)27-15-12-16-28(25-27)45-33-20-9-6-17-29(33)30-23-24-35-37(40(30)45)31-18-7-10-21-34(31)46-35/h3-25H,1-2H3. The van der Waals surface area contributed by atoms with Crippen molar-refractivity contribution in [2.24, 2.45) is 0 Å². The van der Waals surface area contributed by atoms with Crippen LogP contribution in [0.25, 0.3) is 81.6 Å². The monoisotopic (exact) mass is 635 g/mol. The molecule has 5 heteroatoms. The zero-order chi connectivity index (χ0) is 31.3. The summed E-state index contributed by atoms with van der Waals surface area (Å²) in [7, 11) is -2.09. The molecule has 1 aliphatic rings. The lowest BCUT2D eigenvalue weighted by atomic mass is 10.1. The summed E-state index contributed by atoms with van der Waals surface area (Å²) in [6, 6.07) is 50.5. The number of para-hydroxylation sites is 1. The third-order valence-electron chi connectivity index (χ3n) is 9.97. The molecule has 47 heavy (non-hydrogen) atoms. The fourth-order valence-electron chi connectivity index (χ4n) is 7.87. The minimum absolute atomic E-state index is 0.773. The highest BCUT2D eigenvalue weighted by atomic mass is 32.1. The zero-order valence-corrected chi connectivity index (χ0v) is 27.8. The molecule has 0 unspecified atom stereocenters.